The second-order valence-electron chi connectivity index (χ2n) is 4.19. The van der Waals surface area contributed by atoms with E-state index >= 15 is 0 Å². The molecule has 1 aromatic rings. The highest BCUT2D eigenvalue weighted by molar-refractivity contribution is 5.06. The van der Waals surface area contributed by atoms with Gasteiger partial charge in [-0.2, -0.15) is 10.2 Å². The van der Waals surface area contributed by atoms with Gasteiger partial charge in [0.2, 0.25) is 0 Å². The molecule has 14 heavy (non-hydrogen) atoms. The molecule has 0 saturated heterocycles. The fourth-order valence-corrected chi connectivity index (χ4v) is 2.28. The quantitative estimate of drug-likeness (QED) is 0.679. The van der Waals surface area contributed by atoms with Gasteiger partial charge in [-0.15, -0.1) is 0 Å². The molecule has 1 saturated carbocycles. The van der Waals surface area contributed by atoms with E-state index in [1.54, 1.807) is 6.20 Å². The van der Waals surface area contributed by atoms with Crippen LogP contribution in [-0.4, -0.2) is 10.2 Å². The normalized spacial score (nSPS) is 20.0. The van der Waals surface area contributed by atoms with E-state index in [2.05, 4.69) is 16.3 Å². The average molecular weight is 190 g/mol. The maximum Gasteiger partial charge on any atom is 0.0661 e. The van der Waals surface area contributed by atoms with Crippen molar-refractivity contribution in [3.63, 3.8) is 0 Å². The zero-order valence-electron chi connectivity index (χ0n) is 8.65. The largest absolute Gasteiger partial charge is 0.159 e. The first-order valence-electron chi connectivity index (χ1n) is 5.74. The van der Waals surface area contributed by atoms with Gasteiger partial charge in [-0.25, -0.2) is 0 Å². The standard InChI is InChI=1S/C12H18N2/c1-2-4-7-11(8-5-3-1)12-9-6-10-13-14-12/h6,9-11H,1-5,7-8H2. The van der Waals surface area contributed by atoms with Gasteiger partial charge >= 0.3 is 0 Å². The second kappa shape index (κ2) is 5.08. The van der Waals surface area contributed by atoms with Crippen molar-refractivity contribution in [1.82, 2.24) is 10.2 Å². The molecule has 0 unspecified atom stereocenters. The van der Waals surface area contributed by atoms with Crippen LogP contribution in [0.4, 0.5) is 0 Å². The first-order valence-corrected chi connectivity index (χ1v) is 5.74. The van der Waals surface area contributed by atoms with Crippen LogP contribution in [0.15, 0.2) is 18.3 Å². The fourth-order valence-electron chi connectivity index (χ4n) is 2.28. The van der Waals surface area contributed by atoms with E-state index in [0.717, 1.165) is 0 Å². The molecule has 76 valence electrons. The van der Waals surface area contributed by atoms with Crippen LogP contribution in [0.25, 0.3) is 0 Å². The lowest BCUT2D eigenvalue weighted by Crippen LogP contribution is -2.04. The van der Waals surface area contributed by atoms with E-state index in [9.17, 15) is 0 Å². The maximum absolute atomic E-state index is 4.22. The van der Waals surface area contributed by atoms with Crippen molar-refractivity contribution in [2.75, 3.05) is 0 Å². The Bertz CT molecular complexity index is 250. The molecule has 1 aromatic heterocycles. The molecule has 0 amide bonds. The van der Waals surface area contributed by atoms with E-state index in [0.29, 0.717) is 5.92 Å². The van der Waals surface area contributed by atoms with Crippen molar-refractivity contribution < 1.29 is 0 Å². The Kier molecular flexibility index (Phi) is 3.50. The summed E-state index contributed by atoms with van der Waals surface area (Å²) in [4.78, 5) is 0. The molecule has 2 heteroatoms. The minimum atomic E-state index is 0.670. The molecule has 0 spiro atoms. The van der Waals surface area contributed by atoms with E-state index in [1.807, 2.05) is 6.07 Å². The topological polar surface area (TPSA) is 25.8 Å². The number of hydrogen-bond acceptors (Lipinski definition) is 2. The molecule has 1 aliphatic carbocycles. The number of aromatic nitrogens is 2. The van der Waals surface area contributed by atoms with Crippen molar-refractivity contribution >= 4 is 0 Å². The summed E-state index contributed by atoms with van der Waals surface area (Å²) in [5.41, 5.74) is 1.20. The highest BCUT2D eigenvalue weighted by atomic mass is 15.1. The monoisotopic (exact) mass is 190 g/mol. The summed E-state index contributed by atoms with van der Waals surface area (Å²) < 4.78 is 0. The van der Waals surface area contributed by atoms with Gasteiger partial charge in [0.15, 0.2) is 0 Å². The van der Waals surface area contributed by atoms with Crippen LogP contribution < -0.4 is 0 Å². The summed E-state index contributed by atoms with van der Waals surface area (Å²) in [6, 6.07) is 4.13. The molecule has 0 N–H and O–H groups in total. The van der Waals surface area contributed by atoms with Crippen molar-refractivity contribution in [3.05, 3.63) is 24.0 Å². The van der Waals surface area contributed by atoms with Gasteiger partial charge in [-0.3, -0.25) is 0 Å². The molecular formula is C12H18N2. The van der Waals surface area contributed by atoms with Crippen LogP contribution in [0, 0.1) is 0 Å². The smallest absolute Gasteiger partial charge is 0.0661 e. The average Bonchev–Trinajstić information content (AvgIpc) is 2.18. The van der Waals surface area contributed by atoms with Gasteiger partial charge in [0.25, 0.3) is 0 Å². The third kappa shape index (κ3) is 2.53. The molecule has 0 aromatic carbocycles. The molecule has 1 aliphatic rings. The maximum atomic E-state index is 4.22. The molecule has 1 fully saturated rings. The van der Waals surface area contributed by atoms with Crippen LogP contribution in [0.5, 0.6) is 0 Å². The van der Waals surface area contributed by atoms with Gasteiger partial charge in [0, 0.05) is 12.1 Å². The van der Waals surface area contributed by atoms with Gasteiger partial charge in [0.05, 0.1) is 5.69 Å². The molecule has 0 atom stereocenters. The second-order valence-corrected chi connectivity index (χ2v) is 4.19. The Morgan fingerprint density at radius 2 is 1.71 bits per heavy atom. The minimum Gasteiger partial charge on any atom is -0.159 e. The summed E-state index contributed by atoms with van der Waals surface area (Å²) in [5.74, 6) is 0.670. The van der Waals surface area contributed by atoms with Gasteiger partial charge in [0.1, 0.15) is 0 Å². The van der Waals surface area contributed by atoms with Gasteiger partial charge in [-0.05, 0) is 25.0 Å². The Balaban J connectivity index is 2.01. The Labute approximate surface area is 85.8 Å². The molecule has 0 radical (unpaired) electrons. The first kappa shape index (κ1) is 9.63. The zero-order valence-corrected chi connectivity index (χ0v) is 8.65. The van der Waals surface area contributed by atoms with Crippen molar-refractivity contribution in [3.8, 4) is 0 Å². The fraction of sp³-hybridized carbons (Fsp3) is 0.667. The Hall–Kier alpha value is -0.920. The third-order valence-corrected chi connectivity index (χ3v) is 3.12. The third-order valence-electron chi connectivity index (χ3n) is 3.12. The number of rotatable bonds is 1. The van der Waals surface area contributed by atoms with Crippen molar-refractivity contribution in [2.24, 2.45) is 0 Å². The van der Waals surface area contributed by atoms with E-state index in [4.69, 9.17) is 0 Å². The Morgan fingerprint density at radius 1 is 1.00 bits per heavy atom. The predicted molar refractivity (Wildman–Crippen MR) is 57.1 cm³/mol. The summed E-state index contributed by atoms with van der Waals surface area (Å²) in [7, 11) is 0. The van der Waals surface area contributed by atoms with E-state index in [-0.39, 0.29) is 0 Å². The number of hydrogen-bond donors (Lipinski definition) is 0. The highest BCUT2D eigenvalue weighted by Gasteiger charge is 2.14. The van der Waals surface area contributed by atoms with E-state index < -0.39 is 0 Å². The lowest BCUT2D eigenvalue weighted by atomic mass is 9.89. The van der Waals surface area contributed by atoms with Gasteiger partial charge in [-0.1, -0.05) is 32.1 Å². The molecule has 0 aliphatic heterocycles. The number of nitrogens with zero attached hydrogens (tertiary/aromatic N) is 2. The van der Waals surface area contributed by atoms with Crippen LogP contribution >= 0.6 is 0 Å². The van der Waals surface area contributed by atoms with Crippen molar-refractivity contribution in [1.29, 1.82) is 0 Å². The molecular weight excluding hydrogens is 172 g/mol. The predicted octanol–water partition coefficient (Wildman–Crippen LogP) is 3.30. The lowest BCUT2D eigenvalue weighted by Gasteiger charge is -2.18. The van der Waals surface area contributed by atoms with Crippen molar-refractivity contribution in [2.45, 2.75) is 50.9 Å². The summed E-state index contributed by atoms with van der Waals surface area (Å²) >= 11 is 0. The molecule has 2 rings (SSSR count). The highest BCUT2D eigenvalue weighted by Crippen LogP contribution is 2.28. The van der Waals surface area contributed by atoms with Crippen LogP contribution in [0.1, 0.15) is 56.6 Å². The molecule has 0 bridgehead atoms. The van der Waals surface area contributed by atoms with Gasteiger partial charge < -0.3 is 0 Å². The Morgan fingerprint density at radius 3 is 2.36 bits per heavy atom. The lowest BCUT2D eigenvalue weighted by molar-refractivity contribution is 0.447. The summed E-state index contributed by atoms with van der Waals surface area (Å²) in [5, 5.41) is 8.19. The van der Waals surface area contributed by atoms with Crippen LogP contribution in [-0.2, 0) is 0 Å². The van der Waals surface area contributed by atoms with Crippen LogP contribution in [0.3, 0.4) is 0 Å². The summed E-state index contributed by atoms with van der Waals surface area (Å²) in [6.07, 6.45) is 11.3. The van der Waals surface area contributed by atoms with Crippen LogP contribution in [0.2, 0.25) is 0 Å². The zero-order chi connectivity index (χ0) is 9.64. The molecule has 1 heterocycles. The summed E-state index contributed by atoms with van der Waals surface area (Å²) in [6.45, 7) is 0. The molecule has 2 nitrogen and oxygen atoms in total. The SMILES string of the molecule is c1cnnc(C2CCCCCCC2)c1. The first-order chi connectivity index (χ1) is 6.97. The minimum absolute atomic E-state index is 0.670. The van der Waals surface area contributed by atoms with E-state index in [1.165, 1.54) is 50.6 Å².